The highest BCUT2D eigenvalue weighted by Crippen LogP contribution is 2.25. The van der Waals surface area contributed by atoms with Gasteiger partial charge in [-0.1, -0.05) is 0 Å². The number of hydrogen-bond acceptors (Lipinski definition) is 4. The summed E-state index contributed by atoms with van der Waals surface area (Å²) in [7, 11) is 0. The van der Waals surface area contributed by atoms with E-state index in [0.717, 1.165) is 29.9 Å². The van der Waals surface area contributed by atoms with Crippen molar-refractivity contribution in [2.75, 3.05) is 5.32 Å². The van der Waals surface area contributed by atoms with E-state index in [4.69, 9.17) is 0 Å². The highest BCUT2D eigenvalue weighted by atomic mass is 16.3. The summed E-state index contributed by atoms with van der Waals surface area (Å²) in [5.74, 6) is 0.847. The van der Waals surface area contributed by atoms with Crippen LogP contribution in [0.5, 0.6) is 0 Å². The smallest absolute Gasteiger partial charge is 0.152 e. The molecule has 0 bridgehead atoms. The van der Waals surface area contributed by atoms with Crippen LogP contribution in [-0.4, -0.2) is 31.9 Å². The third-order valence-corrected chi connectivity index (χ3v) is 2.97. The monoisotopic (exact) mass is 218 g/mol. The van der Waals surface area contributed by atoms with Crippen molar-refractivity contribution in [1.29, 1.82) is 0 Å². The van der Waals surface area contributed by atoms with Gasteiger partial charge in [0.2, 0.25) is 0 Å². The molecule has 0 amide bonds. The van der Waals surface area contributed by atoms with Crippen LogP contribution in [0.4, 0.5) is 5.82 Å². The van der Waals surface area contributed by atoms with E-state index in [1.165, 1.54) is 0 Å². The molecule has 1 fully saturated rings. The fraction of sp³-hybridized carbons (Fsp3) is 0.455. The Kier molecular flexibility index (Phi) is 2.07. The summed E-state index contributed by atoms with van der Waals surface area (Å²) in [4.78, 5) is 4.31. The van der Waals surface area contributed by atoms with Crippen molar-refractivity contribution < 1.29 is 5.11 Å². The Morgan fingerprint density at radius 1 is 1.50 bits per heavy atom. The maximum atomic E-state index is 9.24. The number of aromatic nitrogens is 3. The van der Waals surface area contributed by atoms with Crippen LogP contribution in [0.15, 0.2) is 18.5 Å². The molecule has 0 spiro atoms. The molecule has 5 heteroatoms. The first-order chi connectivity index (χ1) is 7.72. The first-order valence-electron chi connectivity index (χ1n) is 5.48. The third-order valence-electron chi connectivity index (χ3n) is 2.97. The van der Waals surface area contributed by atoms with Crippen molar-refractivity contribution in [1.82, 2.24) is 14.6 Å². The number of aryl methyl sites for hydroxylation is 1. The number of nitrogens with one attached hydrogen (secondary N) is 1. The van der Waals surface area contributed by atoms with Crippen molar-refractivity contribution in [3.05, 3.63) is 24.2 Å². The number of hydrogen-bond donors (Lipinski definition) is 2. The van der Waals surface area contributed by atoms with Crippen LogP contribution < -0.4 is 5.32 Å². The number of anilines is 1. The molecule has 0 radical (unpaired) electrons. The Morgan fingerprint density at radius 2 is 2.31 bits per heavy atom. The second-order valence-corrected chi connectivity index (χ2v) is 4.36. The molecule has 5 nitrogen and oxygen atoms in total. The predicted molar refractivity (Wildman–Crippen MR) is 60.4 cm³/mol. The molecular weight excluding hydrogens is 204 g/mol. The van der Waals surface area contributed by atoms with E-state index in [1.807, 2.05) is 23.7 Å². The molecular formula is C11H14N4O. The minimum Gasteiger partial charge on any atom is -0.393 e. The normalized spacial score (nSPS) is 24.4. The Morgan fingerprint density at radius 3 is 3.06 bits per heavy atom. The molecule has 1 saturated carbocycles. The van der Waals surface area contributed by atoms with Crippen LogP contribution in [0, 0.1) is 6.92 Å². The summed E-state index contributed by atoms with van der Waals surface area (Å²) < 4.78 is 1.82. The summed E-state index contributed by atoms with van der Waals surface area (Å²) in [6.45, 7) is 1.96. The van der Waals surface area contributed by atoms with E-state index in [0.29, 0.717) is 6.04 Å². The van der Waals surface area contributed by atoms with Crippen molar-refractivity contribution in [3.63, 3.8) is 0 Å². The molecule has 0 atom stereocenters. The highest BCUT2D eigenvalue weighted by Gasteiger charge is 2.27. The van der Waals surface area contributed by atoms with Gasteiger partial charge in [-0.05, 0) is 25.8 Å². The molecule has 16 heavy (non-hydrogen) atoms. The van der Waals surface area contributed by atoms with Crippen LogP contribution in [0.25, 0.3) is 5.52 Å². The molecule has 1 aliphatic rings. The topological polar surface area (TPSA) is 62.5 Å². The molecule has 3 rings (SSSR count). The lowest BCUT2D eigenvalue weighted by atomic mass is 9.89. The van der Waals surface area contributed by atoms with E-state index in [9.17, 15) is 5.11 Å². The Labute approximate surface area is 93.1 Å². The van der Waals surface area contributed by atoms with Crippen molar-refractivity contribution in [3.8, 4) is 0 Å². The Balaban J connectivity index is 1.90. The number of aliphatic hydroxyl groups excluding tert-OH is 1. The van der Waals surface area contributed by atoms with Gasteiger partial charge in [0.15, 0.2) is 5.82 Å². The molecule has 84 valence electrons. The summed E-state index contributed by atoms with van der Waals surface area (Å²) in [6.07, 6.45) is 5.02. The highest BCUT2D eigenvalue weighted by molar-refractivity contribution is 5.68. The second-order valence-electron chi connectivity index (χ2n) is 4.36. The number of fused-ring (bicyclic) bond motifs is 1. The SMILES string of the molecule is Cc1cc2c(NC3CC(O)C3)nccn2n1. The second kappa shape index (κ2) is 3.45. The average Bonchev–Trinajstić information content (AvgIpc) is 2.57. The zero-order valence-corrected chi connectivity index (χ0v) is 9.09. The van der Waals surface area contributed by atoms with Crippen molar-refractivity contribution >= 4 is 11.3 Å². The van der Waals surface area contributed by atoms with Gasteiger partial charge in [0.25, 0.3) is 0 Å². The fourth-order valence-electron chi connectivity index (χ4n) is 2.05. The third kappa shape index (κ3) is 1.53. The standard InChI is InChI=1S/C11H14N4O/c1-7-4-10-11(12-2-3-15(10)14-7)13-8-5-9(16)6-8/h2-4,8-9,16H,5-6H2,1H3,(H,12,13). The molecule has 0 aliphatic heterocycles. The minimum absolute atomic E-state index is 0.149. The van der Waals surface area contributed by atoms with Crippen LogP contribution in [0.2, 0.25) is 0 Å². The zero-order chi connectivity index (χ0) is 11.1. The van der Waals surface area contributed by atoms with Gasteiger partial charge in [0.1, 0.15) is 5.52 Å². The Bertz CT molecular complexity index is 516. The zero-order valence-electron chi connectivity index (χ0n) is 9.09. The minimum atomic E-state index is -0.149. The lowest BCUT2D eigenvalue weighted by Gasteiger charge is -2.32. The first kappa shape index (κ1) is 9.59. The van der Waals surface area contributed by atoms with Crippen molar-refractivity contribution in [2.45, 2.75) is 31.9 Å². The van der Waals surface area contributed by atoms with E-state index >= 15 is 0 Å². The first-order valence-corrected chi connectivity index (χ1v) is 5.48. The fourth-order valence-corrected chi connectivity index (χ4v) is 2.05. The number of rotatable bonds is 2. The number of nitrogens with zero attached hydrogens (tertiary/aromatic N) is 3. The number of aliphatic hydroxyl groups is 1. The van der Waals surface area contributed by atoms with Crippen molar-refractivity contribution in [2.24, 2.45) is 0 Å². The summed E-state index contributed by atoms with van der Waals surface area (Å²) in [5.41, 5.74) is 1.96. The molecule has 0 aromatic carbocycles. The largest absolute Gasteiger partial charge is 0.393 e. The van der Waals surface area contributed by atoms with Gasteiger partial charge < -0.3 is 10.4 Å². The van der Waals surface area contributed by atoms with Crippen LogP contribution in [0.3, 0.4) is 0 Å². The van der Waals surface area contributed by atoms with Crippen LogP contribution in [-0.2, 0) is 0 Å². The van der Waals surface area contributed by atoms with Gasteiger partial charge >= 0.3 is 0 Å². The quantitative estimate of drug-likeness (QED) is 0.788. The van der Waals surface area contributed by atoms with Crippen LogP contribution >= 0.6 is 0 Å². The molecule has 0 saturated heterocycles. The molecule has 2 N–H and O–H groups in total. The molecule has 0 unspecified atom stereocenters. The van der Waals surface area contributed by atoms with Gasteiger partial charge in [-0.3, -0.25) is 0 Å². The molecule has 2 heterocycles. The van der Waals surface area contributed by atoms with E-state index in [-0.39, 0.29) is 6.10 Å². The van der Waals surface area contributed by atoms with E-state index < -0.39 is 0 Å². The van der Waals surface area contributed by atoms with Gasteiger partial charge in [-0.25, -0.2) is 9.50 Å². The Hall–Kier alpha value is -1.62. The molecule has 1 aliphatic carbocycles. The van der Waals surface area contributed by atoms with Gasteiger partial charge in [0, 0.05) is 18.4 Å². The summed E-state index contributed by atoms with van der Waals surface area (Å²) in [6, 6.07) is 2.34. The maximum Gasteiger partial charge on any atom is 0.152 e. The van der Waals surface area contributed by atoms with Gasteiger partial charge in [-0.15, -0.1) is 0 Å². The van der Waals surface area contributed by atoms with E-state index in [2.05, 4.69) is 15.4 Å². The lowest BCUT2D eigenvalue weighted by molar-refractivity contribution is 0.0836. The maximum absolute atomic E-state index is 9.24. The van der Waals surface area contributed by atoms with Gasteiger partial charge in [0.05, 0.1) is 11.8 Å². The predicted octanol–water partition coefficient (Wildman–Crippen LogP) is 0.973. The van der Waals surface area contributed by atoms with E-state index in [1.54, 1.807) is 6.20 Å². The van der Waals surface area contributed by atoms with Gasteiger partial charge in [-0.2, -0.15) is 5.10 Å². The lowest BCUT2D eigenvalue weighted by Crippen LogP contribution is -2.39. The summed E-state index contributed by atoms with van der Waals surface area (Å²) in [5, 5.41) is 16.9. The van der Waals surface area contributed by atoms with Crippen LogP contribution in [0.1, 0.15) is 18.5 Å². The molecule has 2 aromatic heterocycles. The summed E-state index contributed by atoms with van der Waals surface area (Å²) >= 11 is 0. The molecule has 2 aromatic rings. The average molecular weight is 218 g/mol.